The number of carbonyl (C=O) groups is 1. The Hall–Kier alpha value is -3.48. The molecule has 1 amide bonds. The molecule has 1 heterocycles. The fourth-order valence-corrected chi connectivity index (χ4v) is 5.06. The first-order valence-electron chi connectivity index (χ1n) is 12.5. The highest BCUT2D eigenvalue weighted by molar-refractivity contribution is 7.16. The first-order chi connectivity index (χ1) is 17.6. The van der Waals surface area contributed by atoms with E-state index in [1.165, 1.54) is 4.88 Å². The molecule has 36 heavy (non-hydrogen) atoms. The van der Waals surface area contributed by atoms with Gasteiger partial charge >= 0.3 is 0 Å². The summed E-state index contributed by atoms with van der Waals surface area (Å²) in [5, 5.41) is 4.05. The zero-order chi connectivity index (χ0) is 25.3. The summed E-state index contributed by atoms with van der Waals surface area (Å²) in [4.78, 5) is 21.3. The number of hydrogen-bond acceptors (Lipinski definition) is 5. The van der Waals surface area contributed by atoms with Crippen molar-refractivity contribution < 1.29 is 4.79 Å². The van der Waals surface area contributed by atoms with E-state index < -0.39 is 0 Å². The van der Waals surface area contributed by atoms with Crippen LogP contribution in [0, 0.1) is 6.92 Å². The molecule has 3 aromatic carbocycles. The summed E-state index contributed by atoms with van der Waals surface area (Å²) in [7, 11) is 0. The molecule has 0 fully saturated rings. The summed E-state index contributed by atoms with van der Waals surface area (Å²) in [5.74, 6) is -0.0782. The molecule has 186 valence electrons. The maximum atomic E-state index is 12.7. The number of nitrogens with two attached hydrogens (primary N) is 1. The molecule has 0 bridgehead atoms. The fourth-order valence-electron chi connectivity index (χ4n) is 4.11. The SMILES string of the molecule is CCCCN(Cc1ccc(C(=O)NCc2cccc(CN)c2)cc1)c1nc(-c2ccccc2)c(C)s1. The second kappa shape index (κ2) is 12.5. The van der Waals surface area contributed by atoms with Crippen molar-refractivity contribution in [3.8, 4) is 11.3 Å². The Labute approximate surface area is 218 Å². The number of hydrogen-bond donors (Lipinski definition) is 2. The van der Waals surface area contributed by atoms with Crippen LogP contribution in [-0.4, -0.2) is 17.4 Å². The second-order valence-corrected chi connectivity index (χ2v) is 10.1. The van der Waals surface area contributed by atoms with Crippen LogP contribution in [0.15, 0.2) is 78.9 Å². The first kappa shape index (κ1) is 25.6. The molecule has 0 unspecified atom stereocenters. The summed E-state index contributed by atoms with van der Waals surface area (Å²) in [5.41, 5.74) is 11.8. The minimum atomic E-state index is -0.0782. The van der Waals surface area contributed by atoms with E-state index >= 15 is 0 Å². The number of aryl methyl sites for hydroxylation is 1. The third-order valence-corrected chi connectivity index (χ3v) is 7.19. The lowest BCUT2D eigenvalue weighted by atomic mass is 10.1. The minimum Gasteiger partial charge on any atom is -0.348 e. The largest absolute Gasteiger partial charge is 0.348 e. The van der Waals surface area contributed by atoms with E-state index in [1.54, 1.807) is 11.3 Å². The van der Waals surface area contributed by atoms with Crippen molar-refractivity contribution in [3.63, 3.8) is 0 Å². The van der Waals surface area contributed by atoms with Crippen LogP contribution in [-0.2, 0) is 19.6 Å². The quantitative estimate of drug-likeness (QED) is 0.254. The van der Waals surface area contributed by atoms with Gasteiger partial charge in [-0.05, 0) is 42.2 Å². The summed E-state index contributed by atoms with van der Waals surface area (Å²) in [6.07, 6.45) is 2.23. The highest BCUT2D eigenvalue weighted by atomic mass is 32.1. The van der Waals surface area contributed by atoms with E-state index in [-0.39, 0.29) is 5.91 Å². The Balaban J connectivity index is 1.43. The summed E-state index contributed by atoms with van der Waals surface area (Å²) in [6.45, 7) is 7.03. The number of carbonyl (C=O) groups excluding carboxylic acids is 1. The van der Waals surface area contributed by atoms with Crippen molar-refractivity contribution in [1.82, 2.24) is 10.3 Å². The van der Waals surface area contributed by atoms with E-state index in [9.17, 15) is 4.79 Å². The summed E-state index contributed by atoms with van der Waals surface area (Å²) in [6, 6.07) is 26.2. The van der Waals surface area contributed by atoms with Gasteiger partial charge in [0, 0.05) is 42.2 Å². The minimum absolute atomic E-state index is 0.0782. The van der Waals surface area contributed by atoms with Gasteiger partial charge in [0.05, 0.1) is 5.69 Å². The molecule has 1 aromatic heterocycles. The molecule has 6 heteroatoms. The molecule has 5 nitrogen and oxygen atoms in total. The second-order valence-electron chi connectivity index (χ2n) is 8.95. The van der Waals surface area contributed by atoms with Crippen LogP contribution in [0.1, 0.15) is 51.7 Å². The molecule has 4 rings (SSSR count). The van der Waals surface area contributed by atoms with Gasteiger partial charge in [0.15, 0.2) is 5.13 Å². The molecular formula is C30H34N4OS. The molecule has 4 aromatic rings. The topological polar surface area (TPSA) is 71.2 Å². The van der Waals surface area contributed by atoms with Gasteiger partial charge < -0.3 is 16.0 Å². The predicted molar refractivity (Wildman–Crippen MR) is 150 cm³/mol. The lowest BCUT2D eigenvalue weighted by Crippen LogP contribution is -2.24. The fraction of sp³-hybridized carbons (Fsp3) is 0.267. The number of amides is 1. The molecular weight excluding hydrogens is 464 g/mol. The third-order valence-electron chi connectivity index (χ3n) is 6.15. The number of nitrogens with one attached hydrogen (secondary N) is 1. The summed E-state index contributed by atoms with van der Waals surface area (Å²) < 4.78 is 0. The molecule has 0 saturated carbocycles. The van der Waals surface area contributed by atoms with Gasteiger partial charge in [-0.1, -0.05) is 80.1 Å². The molecule has 0 spiro atoms. The highest BCUT2D eigenvalue weighted by Gasteiger charge is 2.16. The maximum absolute atomic E-state index is 12.7. The normalized spacial score (nSPS) is 10.9. The van der Waals surface area contributed by atoms with Crippen LogP contribution in [0.4, 0.5) is 5.13 Å². The number of thiazole rings is 1. The molecule has 0 aliphatic heterocycles. The Morgan fingerprint density at radius 2 is 1.72 bits per heavy atom. The van der Waals surface area contributed by atoms with Crippen molar-refractivity contribution in [2.45, 2.75) is 46.3 Å². The lowest BCUT2D eigenvalue weighted by molar-refractivity contribution is 0.0951. The van der Waals surface area contributed by atoms with Gasteiger partial charge in [0.1, 0.15) is 0 Å². The average Bonchev–Trinajstić information content (AvgIpc) is 3.32. The zero-order valence-corrected chi connectivity index (χ0v) is 21.9. The van der Waals surface area contributed by atoms with Crippen LogP contribution >= 0.6 is 11.3 Å². The number of nitrogens with zero attached hydrogens (tertiary/aromatic N) is 2. The number of aromatic nitrogens is 1. The smallest absolute Gasteiger partial charge is 0.251 e. The van der Waals surface area contributed by atoms with Gasteiger partial charge in [0.25, 0.3) is 5.91 Å². The van der Waals surface area contributed by atoms with Crippen molar-refractivity contribution in [3.05, 3.63) is 106 Å². The van der Waals surface area contributed by atoms with E-state index in [0.29, 0.717) is 18.7 Å². The Bertz CT molecular complexity index is 1270. The number of rotatable bonds is 11. The van der Waals surface area contributed by atoms with Crippen molar-refractivity contribution in [2.75, 3.05) is 11.4 Å². The van der Waals surface area contributed by atoms with Crippen LogP contribution in [0.5, 0.6) is 0 Å². The maximum Gasteiger partial charge on any atom is 0.251 e. The van der Waals surface area contributed by atoms with E-state index in [0.717, 1.165) is 59.0 Å². The van der Waals surface area contributed by atoms with Crippen molar-refractivity contribution in [1.29, 1.82) is 0 Å². The van der Waals surface area contributed by atoms with Crippen LogP contribution in [0.3, 0.4) is 0 Å². The molecule has 3 N–H and O–H groups in total. The van der Waals surface area contributed by atoms with Crippen LogP contribution in [0.2, 0.25) is 0 Å². The van der Waals surface area contributed by atoms with Crippen molar-refractivity contribution >= 4 is 22.4 Å². The van der Waals surface area contributed by atoms with Gasteiger partial charge in [-0.25, -0.2) is 4.98 Å². The van der Waals surface area contributed by atoms with Crippen molar-refractivity contribution in [2.24, 2.45) is 5.73 Å². The van der Waals surface area contributed by atoms with Crippen LogP contribution in [0.25, 0.3) is 11.3 Å². The number of benzene rings is 3. The number of anilines is 1. The molecule has 0 atom stereocenters. The van der Waals surface area contributed by atoms with Gasteiger partial charge in [-0.3, -0.25) is 4.79 Å². The summed E-state index contributed by atoms with van der Waals surface area (Å²) >= 11 is 1.74. The first-order valence-corrected chi connectivity index (χ1v) is 13.3. The van der Waals surface area contributed by atoms with Gasteiger partial charge in [-0.15, -0.1) is 11.3 Å². The Kier molecular flexibility index (Phi) is 8.87. The monoisotopic (exact) mass is 498 g/mol. The highest BCUT2D eigenvalue weighted by Crippen LogP contribution is 2.33. The Morgan fingerprint density at radius 1 is 0.972 bits per heavy atom. The molecule has 0 aliphatic rings. The lowest BCUT2D eigenvalue weighted by Gasteiger charge is -2.22. The zero-order valence-electron chi connectivity index (χ0n) is 21.0. The van der Waals surface area contributed by atoms with E-state index in [2.05, 4.69) is 48.3 Å². The molecule has 0 radical (unpaired) electrons. The van der Waals surface area contributed by atoms with Gasteiger partial charge in [0.2, 0.25) is 0 Å². The number of unbranched alkanes of at least 4 members (excludes halogenated alkanes) is 1. The van der Waals surface area contributed by atoms with Crippen LogP contribution < -0.4 is 16.0 Å². The van der Waals surface area contributed by atoms with E-state index in [1.807, 2.05) is 54.6 Å². The third kappa shape index (κ3) is 6.59. The molecule has 0 aliphatic carbocycles. The van der Waals surface area contributed by atoms with E-state index in [4.69, 9.17) is 10.7 Å². The predicted octanol–water partition coefficient (Wildman–Crippen LogP) is 6.31. The molecule has 0 saturated heterocycles. The van der Waals surface area contributed by atoms with Gasteiger partial charge in [-0.2, -0.15) is 0 Å². The Morgan fingerprint density at radius 3 is 2.44 bits per heavy atom. The standard InChI is InChI=1S/C30H34N4OS/c1-3-4-17-34(30-33-28(22(2)36-30)26-11-6-5-7-12-26)21-23-13-15-27(16-14-23)29(35)32-20-25-10-8-9-24(18-25)19-31/h5-16,18H,3-4,17,19-21,31H2,1-2H3,(H,32,35). The average molecular weight is 499 g/mol.